The largest absolute Gasteiger partial charge is 0.344 e. The smallest absolute Gasteiger partial charge is 0.249 e. The van der Waals surface area contributed by atoms with Gasteiger partial charge in [0.05, 0.1) is 0 Å². The number of halogens is 2. The zero-order chi connectivity index (χ0) is 36.5. The van der Waals surface area contributed by atoms with Crippen molar-refractivity contribution in [2.24, 2.45) is 11.8 Å². The maximum atomic E-state index is 14.1. The summed E-state index contributed by atoms with van der Waals surface area (Å²) >= 11 is 0. The van der Waals surface area contributed by atoms with Crippen molar-refractivity contribution in [3.63, 3.8) is 0 Å². The molecule has 5 unspecified atom stereocenters. The number of nitrogens with zero attached hydrogens (tertiary/aromatic N) is 2. The number of rotatable bonds is 12. The third kappa shape index (κ3) is 9.63. The van der Waals surface area contributed by atoms with Crippen LogP contribution in [0.3, 0.4) is 0 Å². The number of nitrogens with one attached hydrogen (secondary N) is 2. The van der Waals surface area contributed by atoms with Gasteiger partial charge in [-0.15, -0.1) is 0 Å². The lowest BCUT2D eigenvalue weighted by Crippen LogP contribution is -2.52. The first-order valence-electron chi connectivity index (χ1n) is 19.0. The number of anilines is 1. The van der Waals surface area contributed by atoms with Crippen LogP contribution in [0.1, 0.15) is 81.8 Å². The van der Waals surface area contributed by atoms with E-state index in [1.807, 2.05) is 35.2 Å². The van der Waals surface area contributed by atoms with Crippen molar-refractivity contribution in [3.8, 4) is 0 Å². The molecule has 10 heteroatoms. The Kier molecular flexibility index (Phi) is 12.7. The molecular formula is C42H50F2N4O4. The fraction of sp³-hybridized carbons (Fsp3) is 0.476. The van der Waals surface area contributed by atoms with E-state index in [0.29, 0.717) is 45.2 Å². The molecule has 3 aliphatic rings. The first kappa shape index (κ1) is 37.2. The van der Waals surface area contributed by atoms with E-state index in [-0.39, 0.29) is 47.7 Å². The molecule has 3 saturated heterocycles. The van der Waals surface area contributed by atoms with Gasteiger partial charge in [-0.05, 0) is 131 Å². The lowest BCUT2D eigenvalue weighted by molar-refractivity contribution is -0.139. The van der Waals surface area contributed by atoms with Gasteiger partial charge in [0, 0.05) is 36.7 Å². The molecule has 3 aromatic rings. The number of hydrogen-bond donors (Lipinski definition) is 2. The van der Waals surface area contributed by atoms with Crippen molar-refractivity contribution >= 4 is 29.3 Å². The highest BCUT2D eigenvalue weighted by molar-refractivity contribution is 5.99. The van der Waals surface area contributed by atoms with E-state index >= 15 is 0 Å². The number of carbonyl (C=O) groups is 4. The van der Waals surface area contributed by atoms with E-state index in [0.717, 1.165) is 61.8 Å². The first-order chi connectivity index (χ1) is 25.2. The summed E-state index contributed by atoms with van der Waals surface area (Å²) in [5.74, 6) is -2.73. The molecule has 6 rings (SSSR count). The first-order valence-corrected chi connectivity index (χ1v) is 19.0. The molecule has 276 valence electrons. The van der Waals surface area contributed by atoms with Gasteiger partial charge >= 0.3 is 0 Å². The van der Waals surface area contributed by atoms with Crippen molar-refractivity contribution < 1.29 is 28.0 Å². The van der Waals surface area contributed by atoms with Gasteiger partial charge in [-0.2, -0.15) is 0 Å². The highest BCUT2D eigenvalue weighted by atomic mass is 19.1. The van der Waals surface area contributed by atoms with Crippen LogP contribution in [0.2, 0.25) is 0 Å². The van der Waals surface area contributed by atoms with Crippen LogP contribution >= 0.6 is 0 Å². The van der Waals surface area contributed by atoms with Gasteiger partial charge < -0.3 is 20.4 Å². The summed E-state index contributed by atoms with van der Waals surface area (Å²) in [7, 11) is 0. The summed E-state index contributed by atoms with van der Waals surface area (Å²) < 4.78 is 27.7. The molecule has 8 nitrogen and oxygen atoms in total. The van der Waals surface area contributed by atoms with Gasteiger partial charge in [-0.3, -0.25) is 19.2 Å². The van der Waals surface area contributed by atoms with Crippen LogP contribution in [0.5, 0.6) is 0 Å². The Bertz CT molecular complexity index is 1670. The quantitative estimate of drug-likeness (QED) is 0.224. The molecule has 3 aromatic carbocycles. The Balaban J connectivity index is 1.20. The fourth-order valence-corrected chi connectivity index (χ4v) is 8.09. The molecule has 4 amide bonds. The minimum Gasteiger partial charge on any atom is -0.344 e. The molecule has 0 aliphatic carbocycles. The lowest BCUT2D eigenvalue weighted by atomic mass is 9.86. The Morgan fingerprint density at radius 1 is 0.615 bits per heavy atom. The molecule has 0 saturated carbocycles. The molecule has 3 aliphatic heterocycles. The molecule has 0 aromatic heterocycles. The highest BCUT2D eigenvalue weighted by Gasteiger charge is 2.37. The number of para-hydroxylation sites is 1. The van der Waals surface area contributed by atoms with Gasteiger partial charge in [0.2, 0.25) is 23.6 Å². The normalized spacial score (nSPS) is 22.1. The summed E-state index contributed by atoms with van der Waals surface area (Å²) in [6.45, 7) is 1.28. The Morgan fingerprint density at radius 3 is 1.71 bits per heavy atom. The van der Waals surface area contributed by atoms with Crippen LogP contribution in [-0.4, -0.2) is 59.7 Å². The average Bonchev–Trinajstić information content (AvgIpc) is 3.43. The number of benzene rings is 3. The van der Waals surface area contributed by atoms with Gasteiger partial charge in [-0.25, -0.2) is 8.78 Å². The van der Waals surface area contributed by atoms with E-state index in [1.54, 1.807) is 29.2 Å². The van der Waals surface area contributed by atoms with Crippen LogP contribution < -0.4 is 15.5 Å². The molecule has 5 atom stereocenters. The van der Waals surface area contributed by atoms with E-state index in [9.17, 15) is 28.0 Å². The second-order valence-electron chi connectivity index (χ2n) is 14.7. The summed E-state index contributed by atoms with van der Waals surface area (Å²) in [6.07, 6.45) is 8.74. The average molecular weight is 713 g/mol. The fourth-order valence-electron chi connectivity index (χ4n) is 8.09. The number of amides is 4. The summed E-state index contributed by atoms with van der Waals surface area (Å²) in [5.41, 5.74) is 2.32. The summed E-state index contributed by atoms with van der Waals surface area (Å²) in [6, 6.07) is 20.4. The molecule has 0 bridgehead atoms. The van der Waals surface area contributed by atoms with Gasteiger partial charge in [-0.1, -0.05) is 42.5 Å². The van der Waals surface area contributed by atoms with Crippen LogP contribution in [0, 0.1) is 23.5 Å². The molecule has 2 N–H and O–H groups in total. The third-order valence-corrected chi connectivity index (χ3v) is 11.0. The van der Waals surface area contributed by atoms with Crippen LogP contribution in [0.25, 0.3) is 0 Å². The van der Waals surface area contributed by atoms with Crippen LogP contribution in [0.15, 0.2) is 78.9 Å². The number of carbonyl (C=O) groups excluding carboxylic acids is 4. The van der Waals surface area contributed by atoms with Gasteiger partial charge in [0.1, 0.15) is 23.7 Å². The highest BCUT2D eigenvalue weighted by Crippen LogP contribution is 2.28. The number of hydrogen-bond acceptors (Lipinski definition) is 4. The SMILES string of the molecule is O=C(NC1CCCCN(c2ccccc2)C1=O)C(CCC(Cc1ccc(F)cc1)C(=O)NC1CCCC2CCCCN2C1=O)Cc1ccc(F)cc1. The third-order valence-electron chi connectivity index (χ3n) is 11.0. The van der Waals surface area contributed by atoms with Crippen molar-refractivity contribution in [3.05, 3.63) is 102 Å². The van der Waals surface area contributed by atoms with Crippen molar-refractivity contribution in [2.45, 2.75) is 102 Å². The van der Waals surface area contributed by atoms with Crippen LogP contribution in [0.4, 0.5) is 14.5 Å². The molecule has 3 fully saturated rings. The predicted octanol–water partition coefficient (Wildman–Crippen LogP) is 6.51. The maximum absolute atomic E-state index is 14.1. The van der Waals surface area contributed by atoms with Crippen molar-refractivity contribution in [2.75, 3.05) is 18.0 Å². The lowest BCUT2D eigenvalue weighted by Gasteiger charge is -2.35. The van der Waals surface area contributed by atoms with E-state index in [1.165, 1.54) is 24.3 Å². The minimum absolute atomic E-state index is 0.0257. The Morgan fingerprint density at radius 2 is 1.12 bits per heavy atom. The second-order valence-corrected chi connectivity index (χ2v) is 14.7. The minimum atomic E-state index is -0.705. The van der Waals surface area contributed by atoms with E-state index < -0.39 is 23.9 Å². The van der Waals surface area contributed by atoms with Gasteiger partial charge in [0.25, 0.3) is 0 Å². The van der Waals surface area contributed by atoms with Gasteiger partial charge in [0.15, 0.2) is 0 Å². The van der Waals surface area contributed by atoms with Crippen LogP contribution in [-0.2, 0) is 32.0 Å². The molecule has 3 heterocycles. The van der Waals surface area contributed by atoms with Crippen molar-refractivity contribution in [1.82, 2.24) is 15.5 Å². The summed E-state index contributed by atoms with van der Waals surface area (Å²) in [5, 5.41) is 6.14. The molecule has 52 heavy (non-hydrogen) atoms. The van der Waals surface area contributed by atoms with E-state index in [4.69, 9.17) is 0 Å². The molecule has 0 radical (unpaired) electrons. The standard InChI is InChI=1S/C42H50F2N4O4/c43-33-21-15-29(16-22-33)27-31(39(49)45-37-13-5-7-26-47(41(37)51)35-9-2-1-3-10-35)19-20-32(28-30-17-23-34(44)24-18-30)40(50)46-38-14-8-12-36-11-4-6-25-48(36)42(38)52/h1-3,9-10,15-18,21-24,31-32,36-38H,4-8,11-14,19-20,25-28H2,(H,45,49)(H,46,50). The maximum Gasteiger partial charge on any atom is 0.249 e. The molecule has 0 spiro atoms. The Labute approximate surface area is 305 Å². The molecular weight excluding hydrogens is 662 g/mol. The van der Waals surface area contributed by atoms with Crippen molar-refractivity contribution in [1.29, 1.82) is 0 Å². The topological polar surface area (TPSA) is 98.8 Å². The Hall–Kier alpha value is -4.60. The zero-order valence-electron chi connectivity index (χ0n) is 29.8. The number of fused-ring (bicyclic) bond motifs is 1. The second kappa shape index (κ2) is 17.8. The zero-order valence-corrected chi connectivity index (χ0v) is 29.8. The van der Waals surface area contributed by atoms with E-state index in [2.05, 4.69) is 10.6 Å². The summed E-state index contributed by atoms with van der Waals surface area (Å²) in [4.78, 5) is 59.3. The monoisotopic (exact) mass is 712 g/mol. The predicted molar refractivity (Wildman–Crippen MR) is 196 cm³/mol. The number of piperidine rings is 1.